The first-order valence-corrected chi connectivity index (χ1v) is 5.24. The first-order chi connectivity index (χ1) is 8.20. The second-order valence-electron chi connectivity index (χ2n) is 3.78. The molecule has 0 aliphatic carbocycles. The minimum Gasteiger partial charge on any atom is -0.508 e. The Morgan fingerprint density at radius 2 is 1.12 bits per heavy atom. The summed E-state index contributed by atoms with van der Waals surface area (Å²) in [6.07, 6.45) is 0. The quantitative estimate of drug-likeness (QED) is 0.477. The molecular weight excluding hydrogens is 216 g/mol. The highest BCUT2D eigenvalue weighted by atomic mass is 16.3. The Kier molecular flexibility index (Phi) is 3.27. The number of benzene rings is 2. The van der Waals surface area contributed by atoms with Crippen LogP contribution in [0.3, 0.4) is 0 Å². The molecule has 0 radical (unpaired) electrons. The monoisotopic (exact) mass is 230 g/mol. The average Bonchev–Trinajstić information content (AvgIpc) is 2.35. The molecule has 0 aliphatic rings. The average molecular weight is 230 g/mol. The zero-order valence-electron chi connectivity index (χ0n) is 9.17. The van der Waals surface area contributed by atoms with E-state index in [-0.39, 0.29) is 17.5 Å². The summed E-state index contributed by atoms with van der Waals surface area (Å²) in [5.41, 5.74) is 4.59. The minimum atomic E-state index is -0.170. The molecule has 0 amide bonds. The van der Waals surface area contributed by atoms with E-state index in [0.717, 1.165) is 11.1 Å². The maximum Gasteiger partial charge on any atom is 0.115 e. The van der Waals surface area contributed by atoms with Gasteiger partial charge in [0.25, 0.3) is 0 Å². The summed E-state index contributed by atoms with van der Waals surface area (Å²) in [5.74, 6) is 5.97. The van der Waals surface area contributed by atoms with Crippen molar-refractivity contribution in [2.45, 2.75) is 6.04 Å². The van der Waals surface area contributed by atoms with Crippen LogP contribution in [0.4, 0.5) is 0 Å². The first kappa shape index (κ1) is 11.4. The highest BCUT2D eigenvalue weighted by Gasteiger charge is 2.11. The molecule has 0 unspecified atom stereocenters. The van der Waals surface area contributed by atoms with Crippen molar-refractivity contribution in [3.8, 4) is 11.5 Å². The van der Waals surface area contributed by atoms with Crippen LogP contribution in [0.1, 0.15) is 17.2 Å². The van der Waals surface area contributed by atoms with Crippen LogP contribution in [0.2, 0.25) is 0 Å². The third kappa shape index (κ3) is 2.55. The number of phenols is 2. The van der Waals surface area contributed by atoms with Crippen molar-refractivity contribution >= 4 is 0 Å². The van der Waals surface area contributed by atoms with Gasteiger partial charge in [0.05, 0.1) is 6.04 Å². The van der Waals surface area contributed by atoms with Crippen LogP contribution in [-0.2, 0) is 0 Å². The maximum atomic E-state index is 9.23. The Balaban J connectivity index is 2.33. The van der Waals surface area contributed by atoms with Crippen LogP contribution in [-0.4, -0.2) is 10.2 Å². The number of nitrogens with one attached hydrogen (secondary N) is 1. The minimum absolute atomic E-state index is 0.170. The Hall–Kier alpha value is -2.04. The van der Waals surface area contributed by atoms with Crippen molar-refractivity contribution in [3.05, 3.63) is 59.7 Å². The van der Waals surface area contributed by atoms with Gasteiger partial charge in [0.1, 0.15) is 11.5 Å². The summed E-state index contributed by atoms with van der Waals surface area (Å²) in [6.45, 7) is 0. The van der Waals surface area contributed by atoms with Gasteiger partial charge in [-0.25, -0.2) is 5.43 Å². The van der Waals surface area contributed by atoms with E-state index in [4.69, 9.17) is 5.84 Å². The molecular formula is C13H14N2O2. The molecule has 0 saturated carbocycles. The van der Waals surface area contributed by atoms with Crippen LogP contribution in [0.25, 0.3) is 0 Å². The summed E-state index contributed by atoms with van der Waals surface area (Å²) in [7, 11) is 0. The van der Waals surface area contributed by atoms with Crippen molar-refractivity contribution in [1.82, 2.24) is 5.43 Å². The summed E-state index contributed by atoms with van der Waals surface area (Å²) in [6, 6.07) is 13.5. The molecule has 17 heavy (non-hydrogen) atoms. The molecule has 0 bridgehead atoms. The predicted molar refractivity (Wildman–Crippen MR) is 65.4 cm³/mol. The lowest BCUT2D eigenvalue weighted by Gasteiger charge is -2.16. The van der Waals surface area contributed by atoms with Gasteiger partial charge in [-0.2, -0.15) is 0 Å². The van der Waals surface area contributed by atoms with Gasteiger partial charge < -0.3 is 10.2 Å². The van der Waals surface area contributed by atoms with Gasteiger partial charge in [-0.3, -0.25) is 5.84 Å². The van der Waals surface area contributed by atoms with E-state index in [1.807, 2.05) is 0 Å². The smallest absolute Gasteiger partial charge is 0.115 e. The van der Waals surface area contributed by atoms with E-state index in [0.29, 0.717) is 0 Å². The number of nitrogens with two attached hydrogens (primary N) is 1. The van der Waals surface area contributed by atoms with E-state index in [2.05, 4.69) is 5.43 Å². The molecule has 2 rings (SSSR count). The molecule has 2 aromatic carbocycles. The van der Waals surface area contributed by atoms with Crippen LogP contribution < -0.4 is 11.3 Å². The molecule has 0 spiro atoms. The third-order valence-electron chi connectivity index (χ3n) is 2.62. The van der Waals surface area contributed by atoms with Gasteiger partial charge in [-0.1, -0.05) is 24.3 Å². The Labute approximate surface area is 99.3 Å². The molecule has 2 aromatic rings. The van der Waals surface area contributed by atoms with Gasteiger partial charge in [0.2, 0.25) is 0 Å². The molecule has 5 N–H and O–H groups in total. The predicted octanol–water partition coefficient (Wildman–Crippen LogP) is 1.65. The lowest BCUT2D eigenvalue weighted by Crippen LogP contribution is -2.28. The molecule has 0 aromatic heterocycles. The third-order valence-corrected chi connectivity index (χ3v) is 2.62. The van der Waals surface area contributed by atoms with E-state index in [1.54, 1.807) is 48.5 Å². The largest absolute Gasteiger partial charge is 0.508 e. The zero-order valence-corrected chi connectivity index (χ0v) is 9.17. The lowest BCUT2D eigenvalue weighted by atomic mass is 9.99. The number of aromatic hydroxyl groups is 2. The fraction of sp³-hybridized carbons (Fsp3) is 0.0769. The van der Waals surface area contributed by atoms with E-state index >= 15 is 0 Å². The normalized spacial score (nSPS) is 10.7. The SMILES string of the molecule is NNC(c1ccc(O)cc1)c1ccc(O)cc1. The second-order valence-corrected chi connectivity index (χ2v) is 3.78. The standard InChI is InChI=1S/C13H14N2O2/c14-15-13(9-1-5-11(16)6-2-9)10-3-7-12(17)8-4-10/h1-8,13,15-17H,14H2. The van der Waals surface area contributed by atoms with Gasteiger partial charge in [-0.15, -0.1) is 0 Å². The van der Waals surface area contributed by atoms with E-state index < -0.39 is 0 Å². The van der Waals surface area contributed by atoms with Gasteiger partial charge in [-0.05, 0) is 35.4 Å². The molecule has 0 aliphatic heterocycles. The summed E-state index contributed by atoms with van der Waals surface area (Å²) < 4.78 is 0. The topological polar surface area (TPSA) is 78.5 Å². The van der Waals surface area contributed by atoms with Crippen molar-refractivity contribution in [2.24, 2.45) is 5.84 Å². The number of rotatable bonds is 3. The molecule has 4 nitrogen and oxygen atoms in total. The van der Waals surface area contributed by atoms with Crippen molar-refractivity contribution in [1.29, 1.82) is 0 Å². The Morgan fingerprint density at radius 3 is 1.41 bits per heavy atom. The summed E-state index contributed by atoms with van der Waals surface area (Å²) in [5, 5.41) is 18.5. The van der Waals surface area contributed by atoms with Gasteiger partial charge in [0, 0.05) is 0 Å². The molecule has 88 valence electrons. The number of hydrogen-bond donors (Lipinski definition) is 4. The fourth-order valence-corrected chi connectivity index (χ4v) is 1.72. The number of hydrogen-bond acceptors (Lipinski definition) is 4. The maximum absolute atomic E-state index is 9.23. The van der Waals surface area contributed by atoms with Crippen molar-refractivity contribution in [3.63, 3.8) is 0 Å². The highest BCUT2D eigenvalue weighted by Crippen LogP contribution is 2.24. The van der Waals surface area contributed by atoms with E-state index in [1.165, 1.54) is 0 Å². The van der Waals surface area contributed by atoms with Crippen molar-refractivity contribution < 1.29 is 10.2 Å². The number of phenolic OH excluding ortho intramolecular Hbond substituents is 2. The van der Waals surface area contributed by atoms with Crippen LogP contribution in [0, 0.1) is 0 Å². The van der Waals surface area contributed by atoms with Crippen LogP contribution >= 0.6 is 0 Å². The van der Waals surface area contributed by atoms with Crippen LogP contribution in [0.15, 0.2) is 48.5 Å². The Morgan fingerprint density at radius 1 is 0.765 bits per heavy atom. The first-order valence-electron chi connectivity index (χ1n) is 5.24. The molecule has 4 heteroatoms. The summed E-state index contributed by atoms with van der Waals surface area (Å²) >= 11 is 0. The number of hydrazine groups is 1. The molecule has 0 atom stereocenters. The van der Waals surface area contributed by atoms with E-state index in [9.17, 15) is 10.2 Å². The highest BCUT2D eigenvalue weighted by molar-refractivity contribution is 5.36. The van der Waals surface area contributed by atoms with Crippen molar-refractivity contribution in [2.75, 3.05) is 0 Å². The van der Waals surface area contributed by atoms with Gasteiger partial charge >= 0.3 is 0 Å². The van der Waals surface area contributed by atoms with Crippen LogP contribution in [0.5, 0.6) is 11.5 Å². The van der Waals surface area contributed by atoms with Gasteiger partial charge in [0.15, 0.2) is 0 Å². The molecule has 0 fully saturated rings. The molecule has 0 heterocycles. The second kappa shape index (κ2) is 4.86. The molecule has 0 saturated heterocycles. The fourth-order valence-electron chi connectivity index (χ4n) is 1.72. The summed E-state index contributed by atoms with van der Waals surface area (Å²) in [4.78, 5) is 0. The zero-order chi connectivity index (χ0) is 12.3. The Bertz CT molecular complexity index is 434. The lowest BCUT2D eigenvalue weighted by molar-refractivity contribution is 0.474.